The first-order valence-electron chi connectivity index (χ1n) is 7.71. The molecule has 0 spiro atoms. The van der Waals surface area contributed by atoms with Crippen LogP contribution in [0.2, 0.25) is 0 Å². The van der Waals surface area contributed by atoms with E-state index in [1.54, 1.807) is 0 Å². The third-order valence-corrected chi connectivity index (χ3v) is 5.87. The van der Waals surface area contributed by atoms with E-state index in [-0.39, 0.29) is 30.3 Å². The van der Waals surface area contributed by atoms with Crippen molar-refractivity contribution in [2.24, 2.45) is 5.92 Å². The summed E-state index contributed by atoms with van der Waals surface area (Å²) < 4.78 is 6.10. The number of ether oxygens (including phenoxy) is 1. The van der Waals surface area contributed by atoms with Crippen molar-refractivity contribution in [2.75, 3.05) is 12.4 Å². The fourth-order valence-electron chi connectivity index (χ4n) is 2.24. The molecule has 126 valence electrons. The zero-order valence-corrected chi connectivity index (χ0v) is 16.1. The van der Waals surface area contributed by atoms with Gasteiger partial charge in [0.15, 0.2) is 6.61 Å². The van der Waals surface area contributed by atoms with Crippen molar-refractivity contribution in [1.82, 2.24) is 5.32 Å². The first kappa shape index (κ1) is 18.3. The Bertz CT molecular complexity index is 602. The van der Waals surface area contributed by atoms with Crippen molar-refractivity contribution in [2.45, 2.75) is 44.6 Å². The number of carbonyl (C=O) groups is 2. The summed E-state index contributed by atoms with van der Waals surface area (Å²) in [6.45, 7) is 5.81. The van der Waals surface area contributed by atoms with Crippen LogP contribution >= 0.6 is 27.7 Å². The van der Waals surface area contributed by atoms with E-state index in [2.05, 4.69) is 21.2 Å². The minimum absolute atomic E-state index is 0.170. The molecule has 1 N–H and O–H groups in total. The van der Waals surface area contributed by atoms with Gasteiger partial charge < -0.3 is 10.1 Å². The number of hydrogen-bond acceptors (Lipinski definition) is 4. The van der Waals surface area contributed by atoms with Gasteiger partial charge in [-0.05, 0) is 62.8 Å². The Morgan fingerprint density at radius 3 is 2.70 bits per heavy atom. The molecule has 2 rings (SSSR count). The number of benzene rings is 1. The number of aryl methyl sites for hydroxylation is 2. The van der Waals surface area contributed by atoms with Crippen LogP contribution in [-0.2, 0) is 14.3 Å². The molecule has 23 heavy (non-hydrogen) atoms. The lowest BCUT2D eigenvalue weighted by Gasteiger charge is -2.13. The summed E-state index contributed by atoms with van der Waals surface area (Å²) in [5.74, 6) is 0.198. The molecule has 0 aliphatic heterocycles. The average molecular weight is 400 g/mol. The van der Waals surface area contributed by atoms with Gasteiger partial charge >= 0.3 is 5.97 Å². The van der Waals surface area contributed by atoms with Crippen molar-refractivity contribution >= 4 is 39.6 Å². The largest absolute Gasteiger partial charge is 0.455 e. The summed E-state index contributed by atoms with van der Waals surface area (Å²) in [5.41, 5.74) is 2.23. The third-order valence-electron chi connectivity index (χ3n) is 3.88. The van der Waals surface area contributed by atoms with Crippen LogP contribution in [0.15, 0.2) is 21.5 Å². The lowest BCUT2D eigenvalue weighted by Crippen LogP contribution is -2.37. The van der Waals surface area contributed by atoms with Crippen molar-refractivity contribution < 1.29 is 14.3 Å². The number of rotatable bonds is 7. The van der Waals surface area contributed by atoms with Crippen LogP contribution in [0.25, 0.3) is 0 Å². The molecule has 0 saturated heterocycles. The highest BCUT2D eigenvalue weighted by molar-refractivity contribution is 9.10. The Morgan fingerprint density at radius 2 is 2.04 bits per heavy atom. The number of esters is 1. The van der Waals surface area contributed by atoms with Gasteiger partial charge in [-0.3, -0.25) is 9.59 Å². The third kappa shape index (κ3) is 5.84. The number of carbonyl (C=O) groups excluding carboxylic acids is 2. The van der Waals surface area contributed by atoms with Crippen LogP contribution in [0.3, 0.4) is 0 Å². The molecule has 0 aromatic heterocycles. The predicted octanol–water partition coefficient (Wildman–Crippen LogP) is 3.62. The quantitative estimate of drug-likeness (QED) is 0.561. The smallest absolute Gasteiger partial charge is 0.316 e. The molecule has 4 nitrogen and oxygen atoms in total. The maximum Gasteiger partial charge on any atom is 0.316 e. The zero-order valence-electron chi connectivity index (χ0n) is 13.6. The van der Waals surface area contributed by atoms with Gasteiger partial charge in [0.05, 0.1) is 5.75 Å². The highest BCUT2D eigenvalue weighted by Crippen LogP contribution is 2.32. The highest BCUT2D eigenvalue weighted by Gasteiger charge is 2.28. The molecular formula is C17H22BrNO3S. The van der Waals surface area contributed by atoms with Gasteiger partial charge in [-0.1, -0.05) is 15.9 Å². The Morgan fingerprint density at radius 1 is 1.35 bits per heavy atom. The van der Waals surface area contributed by atoms with Gasteiger partial charge in [-0.25, -0.2) is 0 Å². The predicted molar refractivity (Wildman–Crippen MR) is 95.6 cm³/mol. The van der Waals surface area contributed by atoms with E-state index in [1.807, 2.05) is 32.9 Å². The van der Waals surface area contributed by atoms with Crippen molar-refractivity contribution in [3.63, 3.8) is 0 Å². The maximum absolute atomic E-state index is 11.8. The monoisotopic (exact) mass is 399 g/mol. The molecule has 1 atom stereocenters. The second kappa shape index (κ2) is 8.20. The molecule has 1 aliphatic rings. The van der Waals surface area contributed by atoms with E-state index in [0.717, 1.165) is 20.5 Å². The lowest BCUT2D eigenvalue weighted by atomic mass is 10.2. The Hall–Kier alpha value is -1.01. The molecule has 1 amide bonds. The number of amides is 1. The molecule has 1 saturated carbocycles. The molecule has 1 aliphatic carbocycles. The summed E-state index contributed by atoms with van der Waals surface area (Å²) in [4.78, 5) is 24.5. The minimum Gasteiger partial charge on any atom is -0.455 e. The number of nitrogens with one attached hydrogen (secondary N) is 1. The SMILES string of the molecule is Cc1cc(SCC(=O)OCC(=O)N[C@H](C)C2CC2)c(C)cc1Br. The van der Waals surface area contributed by atoms with E-state index < -0.39 is 0 Å². The van der Waals surface area contributed by atoms with Crippen LogP contribution in [0.5, 0.6) is 0 Å². The van der Waals surface area contributed by atoms with Gasteiger partial charge in [-0.2, -0.15) is 0 Å². The maximum atomic E-state index is 11.8. The molecule has 0 radical (unpaired) electrons. The fourth-order valence-corrected chi connectivity index (χ4v) is 3.61. The van der Waals surface area contributed by atoms with E-state index >= 15 is 0 Å². The van der Waals surface area contributed by atoms with Gasteiger partial charge in [0.2, 0.25) is 0 Å². The van der Waals surface area contributed by atoms with Gasteiger partial charge in [0, 0.05) is 15.4 Å². The first-order valence-corrected chi connectivity index (χ1v) is 9.49. The summed E-state index contributed by atoms with van der Waals surface area (Å²) in [7, 11) is 0. The van der Waals surface area contributed by atoms with Crippen molar-refractivity contribution in [1.29, 1.82) is 0 Å². The second-order valence-corrected chi connectivity index (χ2v) is 7.88. The standard InChI is InChI=1S/C17H22BrNO3S/c1-10-7-15(11(2)6-14(10)18)23-9-17(21)22-8-16(20)19-12(3)13-4-5-13/h6-7,12-13H,4-5,8-9H2,1-3H3,(H,19,20)/t12-/m1/s1. The van der Waals surface area contributed by atoms with Gasteiger partial charge in [0.25, 0.3) is 5.91 Å². The summed E-state index contributed by atoms with van der Waals surface area (Å²) in [5, 5.41) is 2.87. The fraction of sp³-hybridized carbons (Fsp3) is 0.529. The van der Waals surface area contributed by atoms with E-state index in [9.17, 15) is 9.59 Å². The van der Waals surface area contributed by atoms with Crippen molar-refractivity contribution in [3.8, 4) is 0 Å². The number of thioether (sulfide) groups is 1. The molecule has 0 heterocycles. The lowest BCUT2D eigenvalue weighted by molar-refractivity contribution is -0.146. The molecule has 0 bridgehead atoms. The van der Waals surface area contributed by atoms with Crippen LogP contribution in [0.1, 0.15) is 30.9 Å². The minimum atomic E-state index is -0.371. The van der Waals surface area contributed by atoms with Crippen LogP contribution in [0, 0.1) is 19.8 Å². The summed E-state index contributed by atoms with van der Waals surface area (Å²) in [6.07, 6.45) is 2.34. The molecular weight excluding hydrogens is 378 g/mol. The second-order valence-electron chi connectivity index (χ2n) is 6.01. The first-order chi connectivity index (χ1) is 10.9. The Labute approximate surface area is 149 Å². The highest BCUT2D eigenvalue weighted by atomic mass is 79.9. The Balaban J connectivity index is 1.72. The Kier molecular flexibility index (Phi) is 6.53. The number of hydrogen-bond donors (Lipinski definition) is 1. The molecule has 6 heteroatoms. The van der Waals surface area contributed by atoms with Crippen molar-refractivity contribution in [3.05, 3.63) is 27.7 Å². The van der Waals surface area contributed by atoms with Gasteiger partial charge in [0.1, 0.15) is 0 Å². The molecule has 1 aromatic carbocycles. The topological polar surface area (TPSA) is 55.4 Å². The molecule has 1 aromatic rings. The summed E-state index contributed by atoms with van der Waals surface area (Å²) in [6, 6.07) is 4.25. The molecule has 1 fully saturated rings. The average Bonchev–Trinajstić information content (AvgIpc) is 3.32. The number of halogens is 1. The normalized spacial score (nSPS) is 15.1. The molecule has 0 unspecified atom stereocenters. The van der Waals surface area contributed by atoms with Crippen LogP contribution < -0.4 is 5.32 Å². The van der Waals surface area contributed by atoms with E-state index in [1.165, 1.54) is 24.6 Å². The zero-order chi connectivity index (χ0) is 17.0. The van der Waals surface area contributed by atoms with E-state index in [0.29, 0.717) is 5.92 Å². The van der Waals surface area contributed by atoms with E-state index in [4.69, 9.17) is 4.74 Å². The summed E-state index contributed by atoms with van der Waals surface area (Å²) >= 11 is 4.92. The van der Waals surface area contributed by atoms with Crippen LogP contribution in [0.4, 0.5) is 0 Å². The van der Waals surface area contributed by atoms with Crippen LogP contribution in [-0.4, -0.2) is 30.3 Å². The van der Waals surface area contributed by atoms with Gasteiger partial charge in [-0.15, -0.1) is 11.8 Å².